The molecule has 204 valence electrons. The summed E-state index contributed by atoms with van der Waals surface area (Å²) in [6.07, 6.45) is 1.05. The van der Waals surface area contributed by atoms with Gasteiger partial charge >= 0.3 is 0 Å². The van der Waals surface area contributed by atoms with E-state index in [2.05, 4.69) is 0 Å². The number of ketones is 1. The summed E-state index contributed by atoms with van der Waals surface area (Å²) in [6.45, 7) is 9.42. The van der Waals surface area contributed by atoms with E-state index in [0.29, 0.717) is 26.1 Å². The standard InChI is InChI=1S/C15H14O.2C8H10O.2C2H6/c16-15(11-13-7-3-1-4-8-13)12-14-9-5-2-6-10-14;2*1-9-7-8-5-3-2-4-6-8;2*1-2/h1-10H,11-12H2;2*2-6H,7H2,1H3;2*1-2H3. The van der Waals surface area contributed by atoms with Gasteiger partial charge in [0.15, 0.2) is 0 Å². The number of ether oxygens (including phenoxy) is 2. The van der Waals surface area contributed by atoms with Crippen LogP contribution < -0.4 is 0 Å². The number of hydrogen-bond acceptors (Lipinski definition) is 3. The zero-order chi connectivity index (χ0) is 28.3. The van der Waals surface area contributed by atoms with Gasteiger partial charge in [-0.2, -0.15) is 0 Å². The first kappa shape index (κ1) is 34.5. The molecule has 0 N–H and O–H groups in total. The summed E-state index contributed by atoms with van der Waals surface area (Å²) < 4.78 is 9.86. The summed E-state index contributed by atoms with van der Waals surface area (Å²) in [5.74, 6) is 0.261. The van der Waals surface area contributed by atoms with Gasteiger partial charge < -0.3 is 9.47 Å². The summed E-state index contributed by atoms with van der Waals surface area (Å²) >= 11 is 0. The van der Waals surface area contributed by atoms with Gasteiger partial charge in [-0.05, 0) is 22.3 Å². The van der Waals surface area contributed by atoms with Crippen LogP contribution in [0.1, 0.15) is 49.9 Å². The molecule has 0 bridgehead atoms. The topological polar surface area (TPSA) is 35.5 Å². The Hall–Kier alpha value is -3.53. The van der Waals surface area contributed by atoms with Crippen molar-refractivity contribution in [3.05, 3.63) is 144 Å². The number of rotatable bonds is 8. The Morgan fingerprint density at radius 1 is 0.447 bits per heavy atom. The van der Waals surface area contributed by atoms with Crippen LogP contribution in [0.25, 0.3) is 0 Å². The van der Waals surface area contributed by atoms with Crippen LogP contribution in [-0.4, -0.2) is 20.0 Å². The van der Waals surface area contributed by atoms with Crippen molar-refractivity contribution < 1.29 is 14.3 Å². The Balaban J connectivity index is 0.000000536. The van der Waals surface area contributed by atoms with E-state index in [-0.39, 0.29) is 5.78 Å². The lowest BCUT2D eigenvalue weighted by molar-refractivity contribution is -0.117. The first-order valence-electron chi connectivity index (χ1n) is 13.4. The van der Waals surface area contributed by atoms with Gasteiger partial charge in [-0.1, -0.05) is 149 Å². The van der Waals surface area contributed by atoms with Gasteiger partial charge in [0.1, 0.15) is 5.78 Å². The molecule has 0 atom stereocenters. The van der Waals surface area contributed by atoms with Gasteiger partial charge in [0.05, 0.1) is 13.2 Å². The lowest BCUT2D eigenvalue weighted by Crippen LogP contribution is -2.06. The largest absolute Gasteiger partial charge is 0.380 e. The molecule has 0 saturated carbocycles. The Kier molecular flexibility index (Phi) is 22.8. The van der Waals surface area contributed by atoms with Gasteiger partial charge in [0.2, 0.25) is 0 Å². The van der Waals surface area contributed by atoms with E-state index in [1.54, 1.807) is 14.2 Å². The third-order valence-corrected chi connectivity index (χ3v) is 4.80. The van der Waals surface area contributed by atoms with Crippen molar-refractivity contribution in [2.75, 3.05) is 14.2 Å². The summed E-state index contributed by atoms with van der Waals surface area (Å²) in [7, 11) is 3.40. The van der Waals surface area contributed by atoms with Gasteiger partial charge in [0, 0.05) is 27.1 Å². The fraction of sp³-hybridized carbons (Fsp3) is 0.286. The number of methoxy groups -OCH3 is 2. The summed E-state index contributed by atoms with van der Waals surface area (Å²) in [6, 6.07) is 39.9. The Morgan fingerprint density at radius 3 is 0.921 bits per heavy atom. The number of hydrogen-bond donors (Lipinski definition) is 0. The van der Waals surface area contributed by atoms with Crippen molar-refractivity contribution in [3.8, 4) is 0 Å². The highest BCUT2D eigenvalue weighted by atomic mass is 16.5. The highest BCUT2D eigenvalue weighted by Crippen LogP contribution is 2.05. The molecule has 0 amide bonds. The monoisotopic (exact) mass is 514 g/mol. The zero-order valence-electron chi connectivity index (χ0n) is 24.1. The normalized spacial score (nSPS) is 9.00. The lowest BCUT2D eigenvalue weighted by atomic mass is 10.0. The van der Waals surface area contributed by atoms with Crippen molar-refractivity contribution in [3.63, 3.8) is 0 Å². The summed E-state index contributed by atoms with van der Waals surface area (Å²) in [4.78, 5) is 11.8. The maximum absolute atomic E-state index is 11.8. The Morgan fingerprint density at radius 2 is 0.684 bits per heavy atom. The summed E-state index contributed by atoms with van der Waals surface area (Å²) in [5.41, 5.74) is 4.62. The van der Waals surface area contributed by atoms with E-state index in [1.807, 2.05) is 149 Å². The van der Waals surface area contributed by atoms with Crippen LogP contribution in [0.4, 0.5) is 0 Å². The Bertz CT molecular complexity index is 933. The third-order valence-electron chi connectivity index (χ3n) is 4.80. The van der Waals surface area contributed by atoms with Gasteiger partial charge in [-0.15, -0.1) is 0 Å². The van der Waals surface area contributed by atoms with Gasteiger partial charge in [-0.3, -0.25) is 4.79 Å². The molecule has 0 aliphatic carbocycles. The maximum Gasteiger partial charge on any atom is 0.141 e. The van der Waals surface area contributed by atoms with Crippen LogP contribution in [-0.2, 0) is 40.3 Å². The second-order valence-corrected chi connectivity index (χ2v) is 7.70. The van der Waals surface area contributed by atoms with Crippen molar-refractivity contribution in [1.82, 2.24) is 0 Å². The second kappa shape index (κ2) is 25.1. The van der Waals surface area contributed by atoms with Crippen molar-refractivity contribution in [1.29, 1.82) is 0 Å². The molecule has 4 aromatic carbocycles. The highest BCUT2D eigenvalue weighted by molar-refractivity contribution is 5.83. The van der Waals surface area contributed by atoms with E-state index in [1.165, 1.54) is 11.1 Å². The molecule has 38 heavy (non-hydrogen) atoms. The molecule has 0 spiro atoms. The van der Waals surface area contributed by atoms with Crippen LogP contribution in [0.3, 0.4) is 0 Å². The predicted octanol–water partition coefficient (Wildman–Crippen LogP) is 8.76. The fourth-order valence-electron chi connectivity index (χ4n) is 3.19. The first-order valence-corrected chi connectivity index (χ1v) is 13.4. The number of benzene rings is 4. The molecule has 0 aliphatic heterocycles. The molecule has 0 radical (unpaired) electrons. The van der Waals surface area contributed by atoms with Crippen molar-refractivity contribution in [2.45, 2.75) is 53.8 Å². The molecule has 0 aromatic heterocycles. The molecule has 0 aliphatic rings. The van der Waals surface area contributed by atoms with E-state index in [4.69, 9.17) is 9.47 Å². The minimum atomic E-state index is 0.261. The molecule has 0 fully saturated rings. The minimum Gasteiger partial charge on any atom is -0.380 e. The molecule has 4 rings (SSSR count). The SMILES string of the molecule is CC.CC.COCc1ccccc1.COCc1ccccc1.O=C(Cc1ccccc1)Cc1ccccc1. The highest BCUT2D eigenvalue weighted by Gasteiger charge is 2.04. The third kappa shape index (κ3) is 17.8. The molecule has 0 heterocycles. The van der Waals surface area contributed by atoms with Crippen LogP contribution in [0.5, 0.6) is 0 Å². The molecule has 3 heteroatoms. The summed E-state index contributed by atoms with van der Waals surface area (Å²) in [5, 5.41) is 0. The molecule has 4 aromatic rings. The van der Waals surface area contributed by atoms with E-state index < -0.39 is 0 Å². The Labute approximate surface area is 231 Å². The van der Waals surface area contributed by atoms with Crippen LogP contribution in [0, 0.1) is 0 Å². The number of carbonyl (C=O) groups excluding carboxylic acids is 1. The van der Waals surface area contributed by atoms with E-state index in [9.17, 15) is 4.79 Å². The molecule has 3 nitrogen and oxygen atoms in total. The molecular weight excluding hydrogens is 468 g/mol. The molecule has 0 saturated heterocycles. The predicted molar refractivity (Wildman–Crippen MR) is 162 cm³/mol. The smallest absolute Gasteiger partial charge is 0.141 e. The van der Waals surface area contributed by atoms with Gasteiger partial charge in [0.25, 0.3) is 0 Å². The maximum atomic E-state index is 11.8. The van der Waals surface area contributed by atoms with Crippen LogP contribution in [0.2, 0.25) is 0 Å². The van der Waals surface area contributed by atoms with Crippen LogP contribution in [0.15, 0.2) is 121 Å². The van der Waals surface area contributed by atoms with Crippen molar-refractivity contribution >= 4 is 5.78 Å². The van der Waals surface area contributed by atoms with E-state index in [0.717, 1.165) is 11.1 Å². The first-order chi connectivity index (χ1) is 18.7. The van der Waals surface area contributed by atoms with Crippen LogP contribution >= 0.6 is 0 Å². The average molecular weight is 515 g/mol. The van der Waals surface area contributed by atoms with Crippen molar-refractivity contribution in [2.24, 2.45) is 0 Å². The average Bonchev–Trinajstić information content (AvgIpc) is 2.98. The van der Waals surface area contributed by atoms with Gasteiger partial charge in [-0.25, -0.2) is 0 Å². The second-order valence-electron chi connectivity index (χ2n) is 7.70. The quantitative estimate of drug-likeness (QED) is 0.236. The zero-order valence-corrected chi connectivity index (χ0v) is 24.1. The molecular formula is C35H46O3. The number of carbonyl (C=O) groups is 1. The fourth-order valence-corrected chi connectivity index (χ4v) is 3.19. The minimum absolute atomic E-state index is 0.261. The number of Topliss-reactive ketones (excluding diaryl/α,β-unsaturated/α-hetero) is 1. The van der Waals surface area contributed by atoms with E-state index >= 15 is 0 Å². The molecule has 0 unspecified atom stereocenters. The lowest BCUT2D eigenvalue weighted by Gasteiger charge is -2.01.